The Balaban J connectivity index is 3.60. The first-order chi connectivity index (χ1) is 3.72. The van der Waals surface area contributed by atoms with Crippen LogP contribution >= 0.6 is 11.6 Å². The molecule has 8 heavy (non-hydrogen) atoms. The van der Waals surface area contributed by atoms with Gasteiger partial charge in [0.25, 0.3) is 0 Å². The second-order valence-corrected chi connectivity index (χ2v) is 1.91. The predicted octanol–water partition coefficient (Wildman–Crippen LogP) is 1.33. The highest BCUT2D eigenvalue weighted by Crippen LogP contribution is 2.03. The second kappa shape index (κ2) is 3.70. The average molecular weight is 133 g/mol. The van der Waals surface area contributed by atoms with Crippen LogP contribution in [-0.4, -0.2) is 16.6 Å². The largest absolute Gasteiger partial charge is 0.387 e. The van der Waals surface area contributed by atoms with E-state index >= 15 is 0 Å². The molecule has 0 aliphatic carbocycles. The third-order valence-corrected chi connectivity index (χ3v) is 1.23. The molecule has 0 aromatic heterocycles. The third kappa shape index (κ3) is 2.15. The Morgan fingerprint density at radius 1 is 1.38 bits per heavy atom. The SMILES string of the molecule is C=CC(O)C(Cl)C=C. The molecule has 0 spiro atoms. The molecule has 0 aliphatic rings. The summed E-state index contributed by atoms with van der Waals surface area (Å²) in [5.74, 6) is 0. The lowest BCUT2D eigenvalue weighted by Gasteiger charge is -2.05. The minimum atomic E-state index is -0.672. The third-order valence-electron chi connectivity index (χ3n) is 0.793. The van der Waals surface area contributed by atoms with Crippen molar-refractivity contribution >= 4 is 11.6 Å². The van der Waals surface area contributed by atoms with Gasteiger partial charge in [-0.3, -0.25) is 0 Å². The fraction of sp³-hybridized carbons (Fsp3) is 0.333. The monoisotopic (exact) mass is 132 g/mol. The number of aliphatic hydroxyl groups excluding tert-OH is 1. The molecule has 46 valence electrons. The molecule has 0 amide bonds. The molecule has 0 fully saturated rings. The van der Waals surface area contributed by atoms with Crippen molar-refractivity contribution < 1.29 is 5.11 Å². The van der Waals surface area contributed by atoms with Crippen molar-refractivity contribution in [2.45, 2.75) is 11.5 Å². The van der Waals surface area contributed by atoms with Crippen LogP contribution in [0.2, 0.25) is 0 Å². The van der Waals surface area contributed by atoms with E-state index in [-0.39, 0.29) is 0 Å². The van der Waals surface area contributed by atoms with Gasteiger partial charge in [-0.1, -0.05) is 12.2 Å². The van der Waals surface area contributed by atoms with E-state index in [0.29, 0.717) is 0 Å². The van der Waals surface area contributed by atoms with Gasteiger partial charge < -0.3 is 5.11 Å². The molecule has 0 bridgehead atoms. The normalized spacial score (nSPS) is 16.8. The van der Waals surface area contributed by atoms with Crippen molar-refractivity contribution in [3.63, 3.8) is 0 Å². The lowest BCUT2D eigenvalue weighted by atomic mass is 10.2. The number of hydrogen-bond donors (Lipinski definition) is 1. The molecule has 2 unspecified atom stereocenters. The first-order valence-electron chi connectivity index (χ1n) is 2.29. The van der Waals surface area contributed by atoms with E-state index in [9.17, 15) is 0 Å². The Hall–Kier alpha value is -0.270. The van der Waals surface area contributed by atoms with Crippen molar-refractivity contribution in [3.8, 4) is 0 Å². The summed E-state index contributed by atoms with van der Waals surface area (Å²) in [6, 6.07) is 0. The highest BCUT2D eigenvalue weighted by molar-refractivity contribution is 6.22. The summed E-state index contributed by atoms with van der Waals surface area (Å²) >= 11 is 5.48. The summed E-state index contributed by atoms with van der Waals surface area (Å²) in [6.45, 7) is 6.74. The van der Waals surface area contributed by atoms with E-state index in [1.807, 2.05) is 0 Å². The minimum absolute atomic E-state index is 0.410. The number of aliphatic hydroxyl groups is 1. The van der Waals surface area contributed by atoms with Crippen molar-refractivity contribution in [1.82, 2.24) is 0 Å². The molecule has 0 aromatic carbocycles. The van der Waals surface area contributed by atoms with E-state index in [2.05, 4.69) is 13.2 Å². The van der Waals surface area contributed by atoms with Gasteiger partial charge in [0.2, 0.25) is 0 Å². The van der Waals surface area contributed by atoms with Crippen molar-refractivity contribution in [2.75, 3.05) is 0 Å². The number of alkyl halides is 1. The molecule has 0 saturated carbocycles. The lowest BCUT2D eigenvalue weighted by Crippen LogP contribution is -2.14. The molecule has 2 heteroatoms. The molecule has 1 nitrogen and oxygen atoms in total. The maximum absolute atomic E-state index is 8.81. The van der Waals surface area contributed by atoms with Crippen LogP contribution < -0.4 is 0 Å². The average Bonchev–Trinajstić information content (AvgIpc) is 1.84. The van der Waals surface area contributed by atoms with E-state index in [0.717, 1.165) is 0 Å². The van der Waals surface area contributed by atoms with Gasteiger partial charge >= 0.3 is 0 Å². The Labute approximate surface area is 54.3 Å². The quantitative estimate of drug-likeness (QED) is 0.454. The summed E-state index contributed by atoms with van der Waals surface area (Å²) in [5.41, 5.74) is 0. The summed E-state index contributed by atoms with van der Waals surface area (Å²) < 4.78 is 0. The fourth-order valence-corrected chi connectivity index (χ4v) is 0.372. The molecular weight excluding hydrogens is 124 g/mol. The van der Waals surface area contributed by atoms with Crippen molar-refractivity contribution in [2.24, 2.45) is 0 Å². The number of hydrogen-bond acceptors (Lipinski definition) is 1. The van der Waals surface area contributed by atoms with Crippen LogP contribution in [0.25, 0.3) is 0 Å². The van der Waals surface area contributed by atoms with Crippen LogP contribution in [0.3, 0.4) is 0 Å². The Kier molecular flexibility index (Phi) is 3.57. The lowest BCUT2D eigenvalue weighted by molar-refractivity contribution is 0.230. The van der Waals surface area contributed by atoms with Gasteiger partial charge in [-0.25, -0.2) is 0 Å². The van der Waals surface area contributed by atoms with Gasteiger partial charge in [-0.15, -0.1) is 24.8 Å². The summed E-state index contributed by atoms with van der Waals surface area (Å²) in [6.07, 6.45) is 2.17. The van der Waals surface area contributed by atoms with Gasteiger partial charge in [0, 0.05) is 0 Å². The van der Waals surface area contributed by atoms with E-state index in [4.69, 9.17) is 16.7 Å². The van der Waals surface area contributed by atoms with Gasteiger partial charge in [0.1, 0.15) is 0 Å². The van der Waals surface area contributed by atoms with Gasteiger partial charge in [0.15, 0.2) is 0 Å². The van der Waals surface area contributed by atoms with E-state index in [1.165, 1.54) is 12.2 Å². The van der Waals surface area contributed by atoms with Crippen LogP contribution in [0.1, 0.15) is 0 Å². The van der Waals surface area contributed by atoms with E-state index in [1.54, 1.807) is 0 Å². The van der Waals surface area contributed by atoms with Gasteiger partial charge in [-0.2, -0.15) is 0 Å². The molecule has 1 N–H and O–H groups in total. The number of rotatable bonds is 3. The van der Waals surface area contributed by atoms with Crippen LogP contribution in [0.4, 0.5) is 0 Å². The zero-order chi connectivity index (χ0) is 6.57. The predicted molar refractivity (Wildman–Crippen MR) is 36.0 cm³/mol. The molecule has 0 saturated heterocycles. The molecule has 0 heterocycles. The Morgan fingerprint density at radius 3 is 2.00 bits per heavy atom. The van der Waals surface area contributed by atoms with E-state index < -0.39 is 11.5 Å². The van der Waals surface area contributed by atoms with Crippen LogP contribution in [0.15, 0.2) is 25.3 Å². The molecule has 0 rings (SSSR count). The van der Waals surface area contributed by atoms with Gasteiger partial charge in [-0.05, 0) is 0 Å². The zero-order valence-corrected chi connectivity index (χ0v) is 5.30. The molecule has 0 aromatic rings. The molecule has 2 atom stereocenters. The standard InChI is InChI=1S/C6H9ClO/c1-3-5(7)6(8)4-2/h3-6,8H,1-2H2. The van der Waals surface area contributed by atoms with Crippen LogP contribution in [0, 0.1) is 0 Å². The molecular formula is C6H9ClO. The Morgan fingerprint density at radius 2 is 1.88 bits per heavy atom. The first-order valence-corrected chi connectivity index (χ1v) is 2.73. The van der Waals surface area contributed by atoms with Gasteiger partial charge in [0.05, 0.1) is 11.5 Å². The number of halogens is 1. The maximum Gasteiger partial charge on any atom is 0.0917 e. The smallest absolute Gasteiger partial charge is 0.0917 e. The van der Waals surface area contributed by atoms with Crippen molar-refractivity contribution in [1.29, 1.82) is 0 Å². The van der Waals surface area contributed by atoms with Crippen molar-refractivity contribution in [3.05, 3.63) is 25.3 Å². The second-order valence-electron chi connectivity index (χ2n) is 1.41. The highest BCUT2D eigenvalue weighted by Gasteiger charge is 2.06. The highest BCUT2D eigenvalue weighted by atomic mass is 35.5. The summed E-state index contributed by atoms with van der Waals surface area (Å²) in [4.78, 5) is 0. The first kappa shape index (κ1) is 7.73. The summed E-state index contributed by atoms with van der Waals surface area (Å²) in [5, 5.41) is 8.40. The molecule has 0 aliphatic heterocycles. The minimum Gasteiger partial charge on any atom is -0.387 e. The topological polar surface area (TPSA) is 20.2 Å². The zero-order valence-electron chi connectivity index (χ0n) is 4.55. The fourth-order valence-electron chi connectivity index (χ4n) is 0.269. The summed E-state index contributed by atoms with van der Waals surface area (Å²) in [7, 11) is 0. The van der Waals surface area contributed by atoms with Crippen LogP contribution in [-0.2, 0) is 0 Å². The molecule has 0 radical (unpaired) electrons. The maximum atomic E-state index is 8.81. The van der Waals surface area contributed by atoms with Crippen LogP contribution in [0.5, 0.6) is 0 Å². The Bertz CT molecular complexity index is 78.5.